The molecule has 1 rings (SSSR count). The number of ether oxygens (including phenoxy) is 3. The molecule has 1 fully saturated rings. The molecule has 3 unspecified atom stereocenters. The molecule has 3 atom stereocenters. The van der Waals surface area contributed by atoms with Crippen LogP contribution >= 0.6 is 0 Å². The Hall–Kier alpha value is -1.62. The third-order valence-corrected chi connectivity index (χ3v) is 4.83. The van der Waals surface area contributed by atoms with Gasteiger partial charge in [-0.15, -0.1) is 0 Å². The number of allylic oxidation sites excluding steroid dienone is 3. The Kier molecular flexibility index (Phi) is 13.4. The quantitative estimate of drug-likeness (QED) is 0.154. The summed E-state index contributed by atoms with van der Waals surface area (Å²) in [6.45, 7) is 3.65. The van der Waals surface area contributed by atoms with Crippen LogP contribution in [0, 0.1) is 0 Å². The molecule has 0 aromatic carbocycles. The number of carbonyl (C=O) groups excluding carboxylic acids is 2. The van der Waals surface area contributed by atoms with Crippen molar-refractivity contribution in [2.45, 2.75) is 103 Å². The van der Waals surface area contributed by atoms with Gasteiger partial charge in [-0.3, -0.25) is 9.59 Å². The highest BCUT2D eigenvalue weighted by Gasteiger charge is 2.45. The first-order chi connectivity index (χ1) is 13.6. The highest BCUT2D eigenvalue weighted by Crippen LogP contribution is 2.32. The second kappa shape index (κ2) is 15.3. The Bertz CT molecular complexity index is 497. The molecule has 5 nitrogen and oxygen atoms in total. The number of carbonyl (C=O) groups is 2. The summed E-state index contributed by atoms with van der Waals surface area (Å²) in [5.74, 6) is -0.515. The summed E-state index contributed by atoms with van der Waals surface area (Å²) in [7, 11) is 1.39. The molecule has 1 saturated heterocycles. The van der Waals surface area contributed by atoms with Crippen molar-refractivity contribution in [2.75, 3.05) is 7.11 Å². The van der Waals surface area contributed by atoms with E-state index in [1.165, 1.54) is 52.6 Å². The third-order valence-electron chi connectivity index (χ3n) is 4.83. The molecule has 0 aromatic rings. The number of hydrogen-bond donors (Lipinski definition) is 0. The van der Waals surface area contributed by atoms with Crippen molar-refractivity contribution in [1.29, 1.82) is 0 Å². The first-order valence-corrected chi connectivity index (χ1v) is 10.8. The lowest BCUT2D eigenvalue weighted by Crippen LogP contribution is -2.21. The first kappa shape index (κ1) is 24.4. The molecule has 0 saturated carbocycles. The molecule has 0 radical (unpaired) electrons. The molecule has 0 bridgehead atoms. The van der Waals surface area contributed by atoms with Gasteiger partial charge in [0.05, 0.1) is 13.2 Å². The van der Waals surface area contributed by atoms with Crippen LogP contribution in [0.1, 0.15) is 84.5 Å². The Morgan fingerprint density at radius 3 is 2.50 bits per heavy atom. The van der Waals surface area contributed by atoms with Crippen LogP contribution in [0.4, 0.5) is 0 Å². The van der Waals surface area contributed by atoms with E-state index in [-0.39, 0.29) is 30.3 Å². The second-order valence-electron chi connectivity index (χ2n) is 7.37. The van der Waals surface area contributed by atoms with Gasteiger partial charge in [-0.25, -0.2) is 0 Å². The Balaban J connectivity index is 2.22. The Morgan fingerprint density at radius 1 is 1.04 bits per heavy atom. The van der Waals surface area contributed by atoms with Crippen molar-refractivity contribution in [3.8, 4) is 0 Å². The van der Waals surface area contributed by atoms with Crippen LogP contribution in [0.25, 0.3) is 0 Å². The lowest BCUT2D eigenvalue weighted by atomic mass is 10.1. The van der Waals surface area contributed by atoms with Gasteiger partial charge in [0.1, 0.15) is 12.2 Å². The van der Waals surface area contributed by atoms with Gasteiger partial charge in [-0.05, 0) is 38.2 Å². The van der Waals surface area contributed by atoms with Gasteiger partial charge in [0.15, 0.2) is 0 Å². The zero-order valence-corrected chi connectivity index (χ0v) is 17.9. The number of methoxy groups -OCH3 is 1. The average Bonchev–Trinajstić information content (AvgIpc) is 3.44. The van der Waals surface area contributed by atoms with Crippen LogP contribution in [0.3, 0.4) is 0 Å². The fraction of sp³-hybridized carbons (Fsp3) is 0.739. The molecule has 160 valence electrons. The lowest BCUT2D eigenvalue weighted by Gasteiger charge is -2.10. The molecule has 1 heterocycles. The van der Waals surface area contributed by atoms with E-state index < -0.39 is 0 Å². The summed E-state index contributed by atoms with van der Waals surface area (Å²) >= 11 is 0. The van der Waals surface area contributed by atoms with Gasteiger partial charge in [-0.1, -0.05) is 57.3 Å². The monoisotopic (exact) mass is 394 g/mol. The maximum atomic E-state index is 11.3. The lowest BCUT2D eigenvalue weighted by molar-refractivity contribution is -0.145. The minimum Gasteiger partial charge on any atom is -0.469 e. The largest absolute Gasteiger partial charge is 0.469 e. The van der Waals surface area contributed by atoms with E-state index in [2.05, 4.69) is 23.8 Å². The number of rotatable bonds is 16. The summed E-state index contributed by atoms with van der Waals surface area (Å²) in [5, 5.41) is 0. The summed E-state index contributed by atoms with van der Waals surface area (Å²) in [5.41, 5.74) is 0. The molecule has 0 N–H and O–H groups in total. The van der Waals surface area contributed by atoms with Crippen LogP contribution in [0.2, 0.25) is 0 Å². The second-order valence-corrected chi connectivity index (χ2v) is 7.37. The predicted molar refractivity (Wildman–Crippen MR) is 111 cm³/mol. The zero-order valence-electron chi connectivity index (χ0n) is 17.9. The van der Waals surface area contributed by atoms with Crippen LogP contribution in [0.5, 0.6) is 0 Å². The summed E-state index contributed by atoms with van der Waals surface area (Å²) in [6.07, 6.45) is 19.6. The molecule has 0 aromatic heterocycles. The molecular formula is C23H38O5. The van der Waals surface area contributed by atoms with Crippen LogP contribution < -0.4 is 0 Å². The van der Waals surface area contributed by atoms with Crippen LogP contribution in [-0.2, 0) is 23.8 Å². The van der Waals surface area contributed by atoms with Crippen molar-refractivity contribution in [1.82, 2.24) is 0 Å². The highest BCUT2D eigenvalue weighted by molar-refractivity contribution is 5.69. The van der Waals surface area contributed by atoms with Crippen molar-refractivity contribution in [2.24, 2.45) is 0 Å². The minimum absolute atomic E-state index is 0.0434. The van der Waals surface area contributed by atoms with Crippen molar-refractivity contribution in [3.05, 3.63) is 24.3 Å². The summed E-state index contributed by atoms with van der Waals surface area (Å²) < 4.78 is 15.7. The van der Waals surface area contributed by atoms with Crippen LogP contribution in [-0.4, -0.2) is 37.4 Å². The fourth-order valence-corrected chi connectivity index (χ4v) is 3.18. The zero-order chi connectivity index (χ0) is 20.6. The highest BCUT2D eigenvalue weighted by atomic mass is 16.6. The normalized spacial score (nSPS) is 19.8. The topological polar surface area (TPSA) is 65.1 Å². The van der Waals surface area contributed by atoms with E-state index in [1.54, 1.807) is 0 Å². The molecule has 28 heavy (non-hydrogen) atoms. The number of hydrogen-bond acceptors (Lipinski definition) is 5. The van der Waals surface area contributed by atoms with Gasteiger partial charge in [-0.2, -0.15) is 0 Å². The van der Waals surface area contributed by atoms with E-state index in [1.807, 2.05) is 12.2 Å². The van der Waals surface area contributed by atoms with Gasteiger partial charge in [0, 0.05) is 13.3 Å². The molecule has 5 heteroatoms. The van der Waals surface area contributed by atoms with Crippen molar-refractivity contribution in [3.63, 3.8) is 0 Å². The van der Waals surface area contributed by atoms with E-state index in [0.717, 1.165) is 19.3 Å². The number of unbranched alkanes of at least 4 members (excludes halogenated alkanes) is 6. The van der Waals surface area contributed by atoms with E-state index in [0.29, 0.717) is 12.8 Å². The number of epoxide rings is 1. The van der Waals surface area contributed by atoms with E-state index >= 15 is 0 Å². The van der Waals surface area contributed by atoms with Gasteiger partial charge < -0.3 is 14.2 Å². The SMILES string of the molecule is CCCCCCCC/C=C\C/C=C\C(OC(C)=O)C1OC1CCCC(=O)OC. The van der Waals surface area contributed by atoms with Gasteiger partial charge in [0.2, 0.25) is 0 Å². The average molecular weight is 395 g/mol. The van der Waals surface area contributed by atoms with Crippen molar-refractivity contribution >= 4 is 11.9 Å². The molecule has 0 aliphatic carbocycles. The third kappa shape index (κ3) is 12.0. The number of esters is 2. The summed E-state index contributed by atoms with van der Waals surface area (Å²) in [6, 6.07) is 0. The summed E-state index contributed by atoms with van der Waals surface area (Å²) in [4.78, 5) is 22.5. The maximum absolute atomic E-state index is 11.3. The van der Waals surface area contributed by atoms with Gasteiger partial charge >= 0.3 is 11.9 Å². The fourth-order valence-electron chi connectivity index (χ4n) is 3.18. The standard InChI is InChI=1S/C23H38O5/c1-4-5-6-7-8-9-10-11-12-13-14-16-20(27-19(2)24)23-21(28-23)17-15-18-22(25)26-3/h11-12,14,16,20-21,23H,4-10,13,15,17-18H2,1-3H3/b12-11-,16-14-. The molecule has 0 amide bonds. The van der Waals surface area contributed by atoms with E-state index in [9.17, 15) is 9.59 Å². The molecule has 1 aliphatic heterocycles. The minimum atomic E-state index is -0.354. The molecule has 0 spiro atoms. The Labute approximate surface area is 170 Å². The molecule has 1 aliphatic rings. The smallest absolute Gasteiger partial charge is 0.305 e. The Morgan fingerprint density at radius 2 is 1.79 bits per heavy atom. The van der Waals surface area contributed by atoms with Gasteiger partial charge in [0.25, 0.3) is 0 Å². The van der Waals surface area contributed by atoms with E-state index in [4.69, 9.17) is 9.47 Å². The molecular weight excluding hydrogens is 356 g/mol. The van der Waals surface area contributed by atoms with Crippen molar-refractivity contribution < 1.29 is 23.8 Å². The first-order valence-electron chi connectivity index (χ1n) is 10.8. The van der Waals surface area contributed by atoms with Crippen LogP contribution in [0.15, 0.2) is 24.3 Å². The maximum Gasteiger partial charge on any atom is 0.305 e. The predicted octanol–water partition coefficient (Wildman–Crippen LogP) is 5.28.